The zero-order valence-electron chi connectivity index (χ0n) is 10.9. The lowest BCUT2D eigenvalue weighted by molar-refractivity contribution is -0.114. The van der Waals surface area contributed by atoms with E-state index in [1.807, 2.05) is 0 Å². The molecule has 5 heteroatoms. The van der Waals surface area contributed by atoms with Crippen LogP contribution < -0.4 is 10.5 Å². The molecule has 0 radical (unpaired) electrons. The summed E-state index contributed by atoms with van der Waals surface area (Å²) < 4.78 is 4.70. The van der Waals surface area contributed by atoms with Crippen molar-refractivity contribution in [3.05, 3.63) is 60.2 Å². The van der Waals surface area contributed by atoms with Gasteiger partial charge in [-0.15, -0.1) is 0 Å². The Balaban J connectivity index is 2.80. The predicted octanol–water partition coefficient (Wildman–Crippen LogP) is 3.43. The first kappa shape index (κ1) is 15.7. The van der Waals surface area contributed by atoms with Gasteiger partial charge in [0.05, 0.1) is 0 Å². The fraction of sp³-hybridized carbons (Fsp3) is 0.0667. The lowest BCUT2D eigenvalue weighted by Gasteiger charge is -2.03. The van der Waals surface area contributed by atoms with E-state index in [2.05, 4.69) is 6.58 Å². The molecule has 0 fully saturated rings. The van der Waals surface area contributed by atoms with Crippen LogP contribution in [0.3, 0.4) is 0 Å². The molecule has 0 saturated heterocycles. The van der Waals surface area contributed by atoms with Gasteiger partial charge in [-0.1, -0.05) is 30.9 Å². The van der Waals surface area contributed by atoms with Gasteiger partial charge >= 0.3 is 5.43 Å². The number of rotatable bonds is 5. The lowest BCUT2D eigenvalue weighted by Crippen LogP contribution is -2.12. The van der Waals surface area contributed by atoms with E-state index in [4.69, 9.17) is 22.1 Å². The van der Waals surface area contributed by atoms with E-state index >= 15 is 0 Å². The molecule has 0 atom stereocenters. The van der Waals surface area contributed by atoms with Crippen molar-refractivity contribution >= 4 is 28.5 Å². The number of carbonyl (C=O) groups excluding carboxylic acids is 2. The van der Waals surface area contributed by atoms with Crippen LogP contribution in [-0.2, 0) is 4.79 Å². The third kappa shape index (κ3) is 4.74. The Morgan fingerprint density at radius 3 is 2.30 bits per heavy atom. The monoisotopic (exact) mass is 291 g/mol. The molecule has 0 aromatic heterocycles. The average Bonchev–Trinajstić information content (AvgIpc) is 2.39. The van der Waals surface area contributed by atoms with E-state index in [-0.39, 0.29) is 0 Å². The van der Waals surface area contributed by atoms with E-state index in [0.717, 1.165) is 5.56 Å². The van der Waals surface area contributed by atoms with Gasteiger partial charge < -0.3 is 10.5 Å². The van der Waals surface area contributed by atoms with Gasteiger partial charge in [-0.25, -0.2) is 4.79 Å². The third-order valence-electron chi connectivity index (χ3n) is 2.48. The van der Waals surface area contributed by atoms with Crippen LogP contribution in [-0.4, -0.2) is 11.3 Å². The van der Waals surface area contributed by atoms with Crippen molar-refractivity contribution in [3.8, 4) is 5.75 Å². The van der Waals surface area contributed by atoms with Gasteiger partial charge in [-0.05, 0) is 36.3 Å². The van der Waals surface area contributed by atoms with Gasteiger partial charge in [0.15, 0.2) is 0 Å². The van der Waals surface area contributed by atoms with Crippen LogP contribution in [0.2, 0.25) is 0 Å². The molecule has 1 amide bonds. The number of benzene rings is 1. The molecule has 0 heterocycles. The molecule has 0 aliphatic rings. The van der Waals surface area contributed by atoms with Gasteiger partial charge in [-0.3, -0.25) is 4.79 Å². The molecular formula is C15H14ClNO3. The summed E-state index contributed by atoms with van der Waals surface area (Å²) in [4.78, 5) is 21.6. The van der Waals surface area contributed by atoms with Crippen LogP contribution in [0.4, 0.5) is 4.79 Å². The van der Waals surface area contributed by atoms with Crippen LogP contribution in [0.5, 0.6) is 5.75 Å². The highest BCUT2D eigenvalue weighted by molar-refractivity contribution is 6.61. The molecule has 0 bridgehead atoms. The second-order valence-electron chi connectivity index (χ2n) is 3.83. The van der Waals surface area contributed by atoms with E-state index in [0.29, 0.717) is 16.9 Å². The number of hydrogen-bond donors (Lipinski definition) is 1. The Hall–Kier alpha value is -2.33. The average molecular weight is 292 g/mol. The van der Waals surface area contributed by atoms with Crippen molar-refractivity contribution < 1.29 is 14.3 Å². The van der Waals surface area contributed by atoms with E-state index in [9.17, 15) is 9.59 Å². The maximum absolute atomic E-state index is 11.0. The third-order valence-corrected chi connectivity index (χ3v) is 2.56. The number of primary amides is 1. The maximum atomic E-state index is 11.0. The summed E-state index contributed by atoms with van der Waals surface area (Å²) in [5, 5.41) is 0. The molecule has 0 aliphatic heterocycles. The zero-order chi connectivity index (χ0) is 15.1. The van der Waals surface area contributed by atoms with Crippen molar-refractivity contribution in [2.75, 3.05) is 0 Å². The minimum Gasteiger partial charge on any atom is -0.415 e. The Morgan fingerprint density at radius 1 is 1.25 bits per heavy atom. The van der Waals surface area contributed by atoms with E-state index in [1.54, 1.807) is 49.4 Å². The summed E-state index contributed by atoms with van der Waals surface area (Å²) >= 11 is 5.10. The maximum Gasteiger partial charge on any atom is 0.409 e. The number of ether oxygens (including phenoxy) is 1. The topological polar surface area (TPSA) is 69.4 Å². The zero-order valence-corrected chi connectivity index (χ0v) is 11.7. The number of carbonyl (C=O) groups is 2. The molecule has 20 heavy (non-hydrogen) atoms. The number of halogens is 1. The van der Waals surface area contributed by atoms with Crippen molar-refractivity contribution in [2.45, 2.75) is 6.92 Å². The first-order chi connectivity index (χ1) is 9.43. The second-order valence-corrected chi connectivity index (χ2v) is 4.14. The summed E-state index contributed by atoms with van der Waals surface area (Å²) in [6.45, 7) is 5.61. The standard InChI is InChI=1S/C15H14ClNO3/c1-3-11(14(17)18)5-4-10(2)12-6-8-13(9-7-12)20-15(16)19/h3-9H,2H2,1H3,(H2,17,18)/b5-4-,11-3+. The van der Waals surface area contributed by atoms with Crippen LogP contribution in [0.1, 0.15) is 12.5 Å². The van der Waals surface area contributed by atoms with Crippen molar-refractivity contribution in [1.29, 1.82) is 0 Å². The molecule has 0 aliphatic carbocycles. The first-order valence-electron chi connectivity index (χ1n) is 5.75. The highest BCUT2D eigenvalue weighted by Crippen LogP contribution is 2.19. The summed E-state index contributed by atoms with van der Waals surface area (Å²) in [6.07, 6.45) is 4.90. The minimum atomic E-state index is -0.893. The Morgan fingerprint density at radius 2 is 1.85 bits per heavy atom. The highest BCUT2D eigenvalue weighted by Gasteiger charge is 2.02. The van der Waals surface area contributed by atoms with Crippen molar-refractivity contribution in [3.63, 3.8) is 0 Å². The van der Waals surface area contributed by atoms with Crippen LogP contribution in [0.15, 0.2) is 54.6 Å². The Labute approximate surface area is 122 Å². The quantitative estimate of drug-likeness (QED) is 0.513. The molecular weight excluding hydrogens is 278 g/mol. The van der Waals surface area contributed by atoms with Crippen LogP contribution in [0, 0.1) is 0 Å². The fourth-order valence-corrected chi connectivity index (χ4v) is 1.53. The first-order valence-corrected chi connectivity index (χ1v) is 6.12. The van der Waals surface area contributed by atoms with Crippen molar-refractivity contribution in [2.24, 2.45) is 5.73 Å². The predicted molar refractivity (Wildman–Crippen MR) is 79.4 cm³/mol. The summed E-state index contributed by atoms with van der Waals surface area (Å²) in [5.74, 6) is -0.155. The smallest absolute Gasteiger partial charge is 0.409 e. The number of allylic oxidation sites excluding steroid dienone is 3. The Bertz CT molecular complexity index is 586. The van der Waals surface area contributed by atoms with Gasteiger partial charge in [-0.2, -0.15) is 0 Å². The summed E-state index contributed by atoms with van der Waals surface area (Å²) in [5.41, 5.74) is 6.20. The molecule has 4 nitrogen and oxygen atoms in total. The molecule has 1 rings (SSSR count). The van der Waals surface area contributed by atoms with Gasteiger partial charge in [0.1, 0.15) is 5.75 Å². The number of hydrogen-bond acceptors (Lipinski definition) is 3. The molecule has 0 unspecified atom stereocenters. The summed E-state index contributed by atoms with van der Waals surface area (Å²) in [6, 6.07) is 6.64. The van der Waals surface area contributed by atoms with E-state index in [1.165, 1.54) is 0 Å². The largest absolute Gasteiger partial charge is 0.415 e. The normalized spacial score (nSPS) is 11.4. The van der Waals surface area contributed by atoms with Gasteiger partial charge in [0.2, 0.25) is 5.91 Å². The van der Waals surface area contributed by atoms with Crippen molar-refractivity contribution in [1.82, 2.24) is 0 Å². The molecule has 1 aromatic carbocycles. The SMILES string of the molecule is C=C(/C=C\C(=C/C)C(N)=O)c1ccc(OC(=O)Cl)cc1. The summed E-state index contributed by atoms with van der Waals surface area (Å²) in [7, 11) is 0. The van der Waals surface area contributed by atoms with Gasteiger partial charge in [0.25, 0.3) is 0 Å². The highest BCUT2D eigenvalue weighted by atomic mass is 35.5. The molecule has 0 spiro atoms. The Kier molecular flexibility index (Phi) is 5.74. The van der Waals surface area contributed by atoms with Crippen LogP contribution in [0.25, 0.3) is 5.57 Å². The van der Waals surface area contributed by atoms with Gasteiger partial charge in [0, 0.05) is 17.2 Å². The molecule has 0 saturated carbocycles. The number of amides is 1. The van der Waals surface area contributed by atoms with Crippen LogP contribution >= 0.6 is 11.6 Å². The lowest BCUT2D eigenvalue weighted by atomic mass is 10.1. The molecule has 2 N–H and O–H groups in total. The number of nitrogens with two attached hydrogens (primary N) is 1. The second kappa shape index (κ2) is 7.31. The minimum absolute atomic E-state index is 0.344. The fourth-order valence-electron chi connectivity index (χ4n) is 1.44. The molecule has 104 valence electrons. The van der Waals surface area contributed by atoms with E-state index < -0.39 is 11.3 Å². The molecule has 1 aromatic rings.